The van der Waals surface area contributed by atoms with Crippen LogP contribution >= 0.6 is 23.2 Å². The molecule has 1 heterocycles. The van der Waals surface area contributed by atoms with E-state index in [9.17, 15) is 0 Å². The molecule has 2 aromatic rings. The molecule has 0 bridgehead atoms. The molecule has 0 aromatic heterocycles. The van der Waals surface area contributed by atoms with Gasteiger partial charge in [-0.05, 0) is 56.0 Å². The molecule has 1 atom stereocenters. The van der Waals surface area contributed by atoms with Crippen LogP contribution in [0.4, 0.5) is 11.4 Å². The molecule has 3 rings (SSSR count). The van der Waals surface area contributed by atoms with Gasteiger partial charge in [0.15, 0.2) is 0 Å². The lowest BCUT2D eigenvalue weighted by Gasteiger charge is -2.45. The SMILES string of the molecule is COc1cc2c(cc1C=Nc1ccc(Cl)c(Cl)c1)C(C)CC(C)(C)N2C. The van der Waals surface area contributed by atoms with Crippen molar-refractivity contribution in [1.29, 1.82) is 0 Å². The van der Waals surface area contributed by atoms with Gasteiger partial charge in [-0.1, -0.05) is 30.1 Å². The van der Waals surface area contributed by atoms with Crippen LogP contribution in [0.3, 0.4) is 0 Å². The largest absolute Gasteiger partial charge is 0.496 e. The third kappa shape index (κ3) is 3.56. The molecule has 1 aliphatic rings. The Morgan fingerprint density at radius 2 is 1.92 bits per heavy atom. The molecule has 1 unspecified atom stereocenters. The summed E-state index contributed by atoms with van der Waals surface area (Å²) >= 11 is 12.0. The summed E-state index contributed by atoms with van der Waals surface area (Å²) in [5, 5.41) is 1.02. The van der Waals surface area contributed by atoms with Crippen LogP contribution in [0.5, 0.6) is 5.75 Å². The highest BCUT2D eigenvalue weighted by molar-refractivity contribution is 6.42. The first-order valence-electron chi connectivity index (χ1n) is 8.68. The molecule has 0 aliphatic carbocycles. The Hall–Kier alpha value is -1.71. The van der Waals surface area contributed by atoms with Crippen molar-refractivity contribution in [1.82, 2.24) is 0 Å². The zero-order valence-corrected chi connectivity index (χ0v) is 17.3. The smallest absolute Gasteiger partial charge is 0.129 e. The number of nitrogens with zero attached hydrogens (tertiary/aromatic N) is 2. The fourth-order valence-electron chi connectivity index (χ4n) is 3.60. The lowest BCUT2D eigenvalue weighted by molar-refractivity contribution is 0.389. The Kier molecular flexibility index (Phi) is 5.23. The summed E-state index contributed by atoms with van der Waals surface area (Å²) in [6, 6.07) is 9.65. The Bertz CT molecular complexity index is 861. The topological polar surface area (TPSA) is 24.8 Å². The van der Waals surface area contributed by atoms with Crippen LogP contribution in [-0.4, -0.2) is 25.9 Å². The van der Waals surface area contributed by atoms with E-state index in [4.69, 9.17) is 27.9 Å². The monoisotopic (exact) mass is 390 g/mol. The van der Waals surface area contributed by atoms with E-state index in [0.29, 0.717) is 16.0 Å². The molecular formula is C21H24Cl2N2O. The van der Waals surface area contributed by atoms with Crippen LogP contribution < -0.4 is 9.64 Å². The van der Waals surface area contributed by atoms with Gasteiger partial charge in [0.2, 0.25) is 0 Å². The second-order valence-corrected chi connectivity index (χ2v) is 8.30. The van der Waals surface area contributed by atoms with Crippen molar-refractivity contribution in [3.05, 3.63) is 51.5 Å². The predicted molar refractivity (Wildman–Crippen MR) is 112 cm³/mol. The molecule has 2 aromatic carbocycles. The number of anilines is 1. The molecule has 0 N–H and O–H groups in total. The zero-order chi connectivity index (χ0) is 19.1. The van der Waals surface area contributed by atoms with Crippen LogP contribution in [-0.2, 0) is 0 Å². The van der Waals surface area contributed by atoms with Crippen molar-refractivity contribution in [2.45, 2.75) is 38.6 Å². The van der Waals surface area contributed by atoms with Crippen molar-refractivity contribution in [2.75, 3.05) is 19.1 Å². The third-order valence-electron chi connectivity index (χ3n) is 5.24. The summed E-state index contributed by atoms with van der Waals surface area (Å²) in [4.78, 5) is 6.88. The first-order valence-corrected chi connectivity index (χ1v) is 9.43. The minimum atomic E-state index is 0.118. The number of methoxy groups -OCH3 is 1. The highest BCUT2D eigenvalue weighted by Crippen LogP contribution is 2.44. The summed E-state index contributed by atoms with van der Waals surface area (Å²) in [6.07, 6.45) is 2.93. The minimum absolute atomic E-state index is 0.118. The summed E-state index contributed by atoms with van der Waals surface area (Å²) in [6.45, 7) is 6.83. The second kappa shape index (κ2) is 7.13. The maximum atomic E-state index is 6.07. The van der Waals surface area contributed by atoms with Crippen molar-refractivity contribution in [2.24, 2.45) is 4.99 Å². The number of fused-ring (bicyclic) bond motifs is 1. The van der Waals surface area contributed by atoms with Gasteiger partial charge in [0, 0.05) is 36.1 Å². The van der Waals surface area contributed by atoms with Gasteiger partial charge in [-0.25, -0.2) is 0 Å². The average Bonchev–Trinajstić information content (AvgIpc) is 2.60. The van der Waals surface area contributed by atoms with Crippen molar-refractivity contribution in [3.8, 4) is 5.75 Å². The van der Waals surface area contributed by atoms with E-state index in [1.165, 1.54) is 11.3 Å². The molecule has 26 heavy (non-hydrogen) atoms. The minimum Gasteiger partial charge on any atom is -0.496 e. The van der Waals surface area contributed by atoms with E-state index in [1.807, 2.05) is 12.3 Å². The highest BCUT2D eigenvalue weighted by Gasteiger charge is 2.34. The Morgan fingerprint density at radius 3 is 2.58 bits per heavy atom. The van der Waals surface area contributed by atoms with Crippen LogP contribution in [0, 0.1) is 0 Å². The normalized spacial score (nSPS) is 18.9. The quantitative estimate of drug-likeness (QED) is 0.560. The molecule has 1 aliphatic heterocycles. The van der Waals surface area contributed by atoms with E-state index in [0.717, 1.165) is 23.4 Å². The molecule has 5 heteroatoms. The van der Waals surface area contributed by atoms with E-state index < -0.39 is 0 Å². The van der Waals surface area contributed by atoms with Gasteiger partial charge in [-0.15, -0.1) is 0 Å². The fraction of sp³-hybridized carbons (Fsp3) is 0.381. The van der Waals surface area contributed by atoms with Gasteiger partial charge in [0.05, 0.1) is 22.8 Å². The highest BCUT2D eigenvalue weighted by atomic mass is 35.5. The van der Waals surface area contributed by atoms with E-state index in [-0.39, 0.29) is 5.54 Å². The Labute approximate surface area is 165 Å². The summed E-state index contributed by atoms with van der Waals surface area (Å²) in [5.74, 6) is 1.28. The molecule has 138 valence electrons. The molecule has 3 nitrogen and oxygen atoms in total. The number of aliphatic imine (C=N–C) groups is 1. The lowest BCUT2D eigenvalue weighted by Crippen LogP contribution is -2.45. The van der Waals surface area contributed by atoms with Crippen LogP contribution in [0.1, 0.15) is 44.2 Å². The van der Waals surface area contributed by atoms with E-state index in [2.05, 4.69) is 49.8 Å². The number of benzene rings is 2. The van der Waals surface area contributed by atoms with Crippen molar-refractivity contribution in [3.63, 3.8) is 0 Å². The average molecular weight is 391 g/mol. The standard InChI is InChI=1S/C21H24Cl2N2O/c1-13-11-21(2,3)25(4)19-10-20(26-5)14(8-16(13)19)12-24-15-6-7-17(22)18(23)9-15/h6-10,12-13H,11H2,1-5H3. The maximum absolute atomic E-state index is 6.07. The second-order valence-electron chi connectivity index (χ2n) is 7.49. The Balaban J connectivity index is 2.02. The van der Waals surface area contributed by atoms with Gasteiger partial charge in [0.1, 0.15) is 5.75 Å². The zero-order valence-electron chi connectivity index (χ0n) is 15.8. The first kappa shape index (κ1) is 19.1. The Morgan fingerprint density at radius 1 is 1.19 bits per heavy atom. The summed E-state index contributed by atoms with van der Waals surface area (Å²) in [7, 11) is 3.84. The number of hydrogen-bond acceptors (Lipinski definition) is 3. The molecule has 0 saturated heterocycles. The van der Waals surface area contributed by atoms with E-state index >= 15 is 0 Å². The van der Waals surface area contributed by atoms with Gasteiger partial charge < -0.3 is 9.64 Å². The summed E-state index contributed by atoms with van der Waals surface area (Å²) in [5.41, 5.74) is 4.37. The number of halogens is 2. The molecule has 0 amide bonds. The first-order chi connectivity index (χ1) is 12.2. The molecule has 0 spiro atoms. The molecular weight excluding hydrogens is 367 g/mol. The van der Waals surface area contributed by atoms with Crippen LogP contribution in [0.15, 0.2) is 35.3 Å². The van der Waals surface area contributed by atoms with Crippen LogP contribution in [0.2, 0.25) is 10.0 Å². The molecule has 0 saturated carbocycles. The van der Waals surface area contributed by atoms with Crippen molar-refractivity contribution >= 4 is 40.8 Å². The van der Waals surface area contributed by atoms with Crippen molar-refractivity contribution < 1.29 is 4.74 Å². The van der Waals surface area contributed by atoms with E-state index in [1.54, 1.807) is 19.2 Å². The van der Waals surface area contributed by atoms with Gasteiger partial charge in [0.25, 0.3) is 0 Å². The van der Waals surface area contributed by atoms with Gasteiger partial charge in [-0.3, -0.25) is 4.99 Å². The predicted octanol–water partition coefficient (Wildman–Crippen LogP) is 6.47. The number of hydrogen-bond donors (Lipinski definition) is 0. The van der Waals surface area contributed by atoms with Gasteiger partial charge >= 0.3 is 0 Å². The molecule has 0 fully saturated rings. The van der Waals surface area contributed by atoms with Gasteiger partial charge in [-0.2, -0.15) is 0 Å². The number of rotatable bonds is 3. The molecule has 0 radical (unpaired) electrons. The lowest BCUT2D eigenvalue weighted by atomic mass is 9.80. The van der Waals surface area contributed by atoms with Crippen LogP contribution in [0.25, 0.3) is 0 Å². The maximum Gasteiger partial charge on any atom is 0.129 e. The fourth-order valence-corrected chi connectivity index (χ4v) is 3.89. The third-order valence-corrected chi connectivity index (χ3v) is 5.98. The number of ether oxygens (including phenoxy) is 1. The summed E-state index contributed by atoms with van der Waals surface area (Å²) < 4.78 is 5.63.